The highest BCUT2D eigenvalue weighted by atomic mass is 35.5. The lowest BCUT2D eigenvalue weighted by Crippen LogP contribution is -2.04. The van der Waals surface area contributed by atoms with Gasteiger partial charge in [-0.3, -0.25) is 0 Å². The molecule has 0 heterocycles. The maximum absolute atomic E-state index is 11.6. The Hall–Kier alpha value is -0.800. The predicted octanol–water partition coefficient (Wildman–Crippen LogP) is 2.69. The van der Waals surface area contributed by atoms with Crippen molar-refractivity contribution in [3.8, 4) is 0 Å². The zero-order valence-electron chi connectivity index (χ0n) is 7.77. The molecule has 0 spiro atoms. The van der Waals surface area contributed by atoms with Crippen LogP contribution in [0.2, 0.25) is 5.02 Å². The second kappa shape index (κ2) is 4.62. The van der Waals surface area contributed by atoms with Gasteiger partial charge in [-0.2, -0.15) is 0 Å². The van der Waals surface area contributed by atoms with Crippen molar-refractivity contribution in [1.29, 1.82) is 0 Å². The molecule has 0 saturated heterocycles. The van der Waals surface area contributed by atoms with Crippen molar-refractivity contribution >= 4 is 21.4 Å². The normalized spacial score (nSPS) is 12.1. The molecule has 1 aromatic carbocycles. The number of allylic oxidation sites excluding steroid dienone is 1. The second-order valence-corrected chi connectivity index (χ2v) is 5.28. The fraction of sp³-hybridized carbons (Fsp3) is 0.200. The number of hydrogen-bond donors (Lipinski definition) is 0. The standard InChI is InChI=1S/C10H11ClO2S/c1-2-3-8-14(12,13)10-6-4-9(11)5-7-10/h2-7H,8H2,1H3. The maximum atomic E-state index is 11.6. The van der Waals surface area contributed by atoms with Gasteiger partial charge < -0.3 is 0 Å². The number of rotatable bonds is 3. The van der Waals surface area contributed by atoms with E-state index in [0.29, 0.717) is 9.92 Å². The zero-order valence-corrected chi connectivity index (χ0v) is 9.35. The Kier molecular flexibility index (Phi) is 3.72. The van der Waals surface area contributed by atoms with Crippen LogP contribution >= 0.6 is 11.6 Å². The van der Waals surface area contributed by atoms with Crippen molar-refractivity contribution in [3.05, 3.63) is 41.4 Å². The molecule has 0 atom stereocenters. The van der Waals surface area contributed by atoms with Gasteiger partial charge in [-0.15, -0.1) is 0 Å². The van der Waals surface area contributed by atoms with E-state index in [1.807, 2.05) is 0 Å². The topological polar surface area (TPSA) is 34.1 Å². The van der Waals surface area contributed by atoms with E-state index < -0.39 is 9.84 Å². The van der Waals surface area contributed by atoms with Crippen molar-refractivity contribution < 1.29 is 8.42 Å². The Morgan fingerprint density at radius 1 is 1.29 bits per heavy atom. The summed E-state index contributed by atoms with van der Waals surface area (Å²) in [5, 5.41) is 0.537. The van der Waals surface area contributed by atoms with Crippen molar-refractivity contribution in [1.82, 2.24) is 0 Å². The molecule has 0 fully saturated rings. The molecule has 1 rings (SSSR count). The molecule has 2 nitrogen and oxygen atoms in total. The molecule has 4 heteroatoms. The highest BCUT2D eigenvalue weighted by Crippen LogP contribution is 2.15. The molecular formula is C10H11ClO2S. The largest absolute Gasteiger partial charge is 0.223 e. The molecule has 0 radical (unpaired) electrons. The monoisotopic (exact) mass is 230 g/mol. The molecule has 0 aliphatic heterocycles. The summed E-state index contributed by atoms with van der Waals surface area (Å²) < 4.78 is 23.2. The molecular weight excluding hydrogens is 220 g/mol. The predicted molar refractivity (Wildman–Crippen MR) is 58.3 cm³/mol. The van der Waals surface area contributed by atoms with Gasteiger partial charge in [0.25, 0.3) is 0 Å². The van der Waals surface area contributed by atoms with Crippen LogP contribution < -0.4 is 0 Å². The Balaban J connectivity index is 2.99. The van der Waals surface area contributed by atoms with Crippen LogP contribution in [-0.4, -0.2) is 14.2 Å². The van der Waals surface area contributed by atoms with Gasteiger partial charge in [0.05, 0.1) is 10.6 Å². The molecule has 14 heavy (non-hydrogen) atoms. The summed E-state index contributed by atoms with van der Waals surface area (Å²) in [5.41, 5.74) is 0. The van der Waals surface area contributed by atoms with E-state index >= 15 is 0 Å². The van der Waals surface area contributed by atoms with E-state index in [0.717, 1.165) is 0 Å². The minimum absolute atomic E-state index is 0.0329. The van der Waals surface area contributed by atoms with Crippen molar-refractivity contribution in [3.63, 3.8) is 0 Å². The lowest BCUT2D eigenvalue weighted by Gasteiger charge is -2.00. The summed E-state index contributed by atoms with van der Waals surface area (Å²) in [4.78, 5) is 0.306. The Labute approximate surface area is 89.1 Å². The SMILES string of the molecule is CC=CCS(=O)(=O)c1ccc(Cl)cc1. The van der Waals surface area contributed by atoms with Crippen LogP contribution in [0.3, 0.4) is 0 Å². The molecule has 0 saturated carbocycles. The number of benzene rings is 1. The van der Waals surface area contributed by atoms with E-state index in [9.17, 15) is 8.42 Å². The van der Waals surface area contributed by atoms with Crippen molar-refractivity contribution in [2.24, 2.45) is 0 Å². The zero-order chi connectivity index (χ0) is 10.6. The molecule has 0 bridgehead atoms. The van der Waals surface area contributed by atoms with E-state index in [4.69, 9.17) is 11.6 Å². The average molecular weight is 231 g/mol. The van der Waals surface area contributed by atoms with E-state index in [1.54, 1.807) is 31.2 Å². The van der Waals surface area contributed by atoms with Gasteiger partial charge >= 0.3 is 0 Å². The summed E-state index contributed by atoms with van der Waals surface area (Å²) in [5.74, 6) is 0.0329. The summed E-state index contributed by atoms with van der Waals surface area (Å²) in [6.45, 7) is 1.79. The first kappa shape index (κ1) is 11.3. The van der Waals surface area contributed by atoms with Crippen LogP contribution in [0.1, 0.15) is 6.92 Å². The van der Waals surface area contributed by atoms with Crippen molar-refractivity contribution in [2.75, 3.05) is 5.75 Å². The lowest BCUT2D eigenvalue weighted by molar-refractivity contribution is 0.599. The minimum Gasteiger partial charge on any atom is -0.223 e. The molecule has 0 N–H and O–H groups in total. The summed E-state index contributed by atoms with van der Waals surface area (Å²) in [6.07, 6.45) is 3.33. The third kappa shape index (κ3) is 2.86. The maximum Gasteiger partial charge on any atom is 0.181 e. The van der Waals surface area contributed by atoms with Gasteiger partial charge in [-0.1, -0.05) is 23.8 Å². The first-order valence-corrected chi connectivity index (χ1v) is 6.19. The molecule has 0 aliphatic carbocycles. The van der Waals surface area contributed by atoms with E-state index in [1.165, 1.54) is 12.1 Å². The lowest BCUT2D eigenvalue weighted by atomic mass is 10.4. The highest BCUT2D eigenvalue weighted by molar-refractivity contribution is 7.91. The Morgan fingerprint density at radius 3 is 2.36 bits per heavy atom. The van der Waals surface area contributed by atoms with Gasteiger partial charge in [0.15, 0.2) is 9.84 Å². The highest BCUT2D eigenvalue weighted by Gasteiger charge is 2.11. The molecule has 0 amide bonds. The first-order chi connectivity index (χ1) is 6.56. The van der Waals surface area contributed by atoms with E-state index in [-0.39, 0.29) is 5.75 Å². The minimum atomic E-state index is -3.18. The Bertz CT molecular complexity index is 418. The fourth-order valence-corrected chi connectivity index (χ4v) is 2.28. The summed E-state index contributed by atoms with van der Waals surface area (Å²) >= 11 is 5.66. The van der Waals surface area contributed by atoms with Crippen LogP contribution in [-0.2, 0) is 9.84 Å². The first-order valence-electron chi connectivity index (χ1n) is 4.16. The van der Waals surface area contributed by atoms with Crippen LogP contribution in [0, 0.1) is 0 Å². The Morgan fingerprint density at radius 2 is 1.86 bits per heavy atom. The fourth-order valence-electron chi connectivity index (χ4n) is 0.961. The van der Waals surface area contributed by atoms with Crippen LogP contribution in [0.25, 0.3) is 0 Å². The second-order valence-electron chi connectivity index (χ2n) is 2.80. The van der Waals surface area contributed by atoms with Crippen molar-refractivity contribution in [2.45, 2.75) is 11.8 Å². The third-order valence-corrected chi connectivity index (χ3v) is 3.60. The van der Waals surface area contributed by atoms with Gasteiger partial charge in [0.1, 0.15) is 0 Å². The van der Waals surface area contributed by atoms with Gasteiger partial charge in [-0.25, -0.2) is 8.42 Å². The molecule has 0 unspecified atom stereocenters. The van der Waals surface area contributed by atoms with Crippen LogP contribution in [0.5, 0.6) is 0 Å². The quantitative estimate of drug-likeness (QED) is 0.749. The van der Waals surface area contributed by atoms with Gasteiger partial charge in [-0.05, 0) is 31.2 Å². The number of halogens is 1. The number of hydrogen-bond acceptors (Lipinski definition) is 2. The molecule has 1 aromatic rings. The third-order valence-electron chi connectivity index (χ3n) is 1.72. The average Bonchev–Trinajstić information content (AvgIpc) is 2.16. The van der Waals surface area contributed by atoms with Crippen LogP contribution in [0.4, 0.5) is 0 Å². The molecule has 76 valence electrons. The molecule has 0 aromatic heterocycles. The summed E-state index contributed by atoms with van der Waals surface area (Å²) in [6, 6.07) is 6.18. The smallest absolute Gasteiger partial charge is 0.181 e. The van der Waals surface area contributed by atoms with Gasteiger partial charge in [0.2, 0.25) is 0 Å². The summed E-state index contributed by atoms with van der Waals surface area (Å²) in [7, 11) is -3.18. The van der Waals surface area contributed by atoms with Crippen LogP contribution in [0.15, 0.2) is 41.3 Å². The molecule has 0 aliphatic rings. The van der Waals surface area contributed by atoms with Gasteiger partial charge in [0, 0.05) is 5.02 Å². The van der Waals surface area contributed by atoms with E-state index in [2.05, 4.69) is 0 Å². The number of sulfone groups is 1.